The molecule has 1 fully saturated rings. The largest absolute Gasteiger partial charge is 0.366 e. The van der Waals surface area contributed by atoms with Crippen LogP contribution in [-0.2, 0) is 0 Å². The molecule has 0 saturated carbocycles. The van der Waals surface area contributed by atoms with Gasteiger partial charge in [-0.05, 0) is 11.6 Å². The summed E-state index contributed by atoms with van der Waals surface area (Å²) in [4.78, 5) is 17.2. The molecule has 1 amide bonds. The summed E-state index contributed by atoms with van der Waals surface area (Å²) in [5.74, 6) is -0.177. The van der Waals surface area contributed by atoms with Crippen molar-refractivity contribution in [1.82, 2.24) is 9.88 Å². The van der Waals surface area contributed by atoms with Crippen molar-refractivity contribution >= 4 is 5.91 Å². The number of alkyl halides is 1. The molecule has 2 heterocycles. The summed E-state index contributed by atoms with van der Waals surface area (Å²) >= 11 is 0. The van der Waals surface area contributed by atoms with Crippen LogP contribution in [0.2, 0.25) is 0 Å². The Hall–Kier alpha value is -1.49. The van der Waals surface area contributed by atoms with Crippen LogP contribution in [0.1, 0.15) is 21.8 Å². The number of hydrogen-bond donors (Lipinski definition) is 1. The quantitative estimate of drug-likeness (QED) is 0.810. The zero-order valence-electron chi connectivity index (χ0n) is 8.90. The Morgan fingerprint density at radius 1 is 1.62 bits per heavy atom. The number of primary amides is 1. The lowest BCUT2D eigenvalue weighted by molar-refractivity contribution is 0.0992. The molecule has 4 nitrogen and oxygen atoms in total. The van der Waals surface area contributed by atoms with Gasteiger partial charge in [0.2, 0.25) is 5.91 Å². The summed E-state index contributed by atoms with van der Waals surface area (Å²) in [6.45, 7) is 1.68. The maximum atomic E-state index is 12.1. The third-order valence-corrected chi connectivity index (χ3v) is 2.92. The van der Waals surface area contributed by atoms with Gasteiger partial charge in [0.25, 0.3) is 0 Å². The van der Waals surface area contributed by atoms with Gasteiger partial charge in [0, 0.05) is 43.5 Å². The Labute approximate surface area is 93.3 Å². The lowest BCUT2D eigenvalue weighted by Gasteiger charge is -2.39. The summed E-state index contributed by atoms with van der Waals surface area (Å²) in [5.41, 5.74) is 6.69. The average molecular weight is 223 g/mol. The number of rotatable bonds is 4. The van der Waals surface area contributed by atoms with E-state index < -0.39 is 5.91 Å². The highest BCUT2D eigenvalue weighted by molar-refractivity contribution is 5.94. The van der Waals surface area contributed by atoms with Crippen molar-refractivity contribution < 1.29 is 9.18 Å². The standard InChI is InChI=1S/C11H14FN3O/c12-2-4-15-6-8(7-15)10-5-14-3-1-9(10)11(13)16/h1,3,5,8H,2,4,6-7H2,(H2,13,16). The van der Waals surface area contributed by atoms with Crippen LogP contribution in [-0.4, -0.2) is 42.1 Å². The van der Waals surface area contributed by atoms with Gasteiger partial charge in [0.05, 0.1) is 0 Å². The minimum Gasteiger partial charge on any atom is -0.366 e. The molecule has 16 heavy (non-hydrogen) atoms. The fourth-order valence-corrected chi connectivity index (χ4v) is 2.03. The lowest BCUT2D eigenvalue weighted by Crippen LogP contribution is -2.46. The smallest absolute Gasteiger partial charge is 0.249 e. The van der Waals surface area contributed by atoms with Crippen molar-refractivity contribution in [3.8, 4) is 0 Å². The molecule has 0 spiro atoms. The van der Waals surface area contributed by atoms with Crippen molar-refractivity contribution in [3.63, 3.8) is 0 Å². The molecule has 0 aliphatic carbocycles. The van der Waals surface area contributed by atoms with E-state index in [2.05, 4.69) is 4.98 Å². The number of pyridine rings is 1. The van der Waals surface area contributed by atoms with E-state index in [1.165, 1.54) is 0 Å². The van der Waals surface area contributed by atoms with Gasteiger partial charge in [-0.25, -0.2) is 4.39 Å². The van der Waals surface area contributed by atoms with Crippen LogP contribution >= 0.6 is 0 Å². The molecule has 0 radical (unpaired) electrons. The summed E-state index contributed by atoms with van der Waals surface area (Å²) in [6, 6.07) is 1.63. The van der Waals surface area contributed by atoms with Crippen LogP contribution in [0.15, 0.2) is 18.5 Å². The second-order valence-electron chi connectivity index (χ2n) is 3.97. The molecule has 5 heteroatoms. The number of carbonyl (C=O) groups is 1. The molecule has 1 aliphatic rings. The Morgan fingerprint density at radius 2 is 2.38 bits per heavy atom. The number of nitrogens with zero attached hydrogens (tertiary/aromatic N) is 2. The molecule has 2 N–H and O–H groups in total. The van der Waals surface area contributed by atoms with Crippen LogP contribution < -0.4 is 5.73 Å². The zero-order valence-corrected chi connectivity index (χ0v) is 8.90. The summed E-state index contributed by atoms with van der Waals surface area (Å²) in [7, 11) is 0. The van der Waals surface area contributed by atoms with Crippen molar-refractivity contribution in [1.29, 1.82) is 0 Å². The van der Waals surface area contributed by atoms with Crippen molar-refractivity contribution in [2.24, 2.45) is 5.73 Å². The van der Waals surface area contributed by atoms with E-state index in [0.29, 0.717) is 12.1 Å². The number of aromatic nitrogens is 1. The first kappa shape index (κ1) is 11.0. The highest BCUT2D eigenvalue weighted by Gasteiger charge is 2.30. The van der Waals surface area contributed by atoms with Crippen LogP contribution in [0.25, 0.3) is 0 Å². The van der Waals surface area contributed by atoms with Gasteiger partial charge in [-0.15, -0.1) is 0 Å². The fourth-order valence-electron chi connectivity index (χ4n) is 2.03. The molecule has 1 saturated heterocycles. The van der Waals surface area contributed by atoms with E-state index in [9.17, 15) is 9.18 Å². The van der Waals surface area contributed by atoms with E-state index in [1.807, 2.05) is 4.90 Å². The van der Waals surface area contributed by atoms with Crippen LogP contribution in [0.3, 0.4) is 0 Å². The first-order valence-corrected chi connectivity index (χ1v) is 5.24. The van der Waals surface area contributed by atoms with E-state index in [0.717, 1.165) is 18.7 Å². The SMILES string of the molecule is NC(=O)c1ccncc1C1CN(CCF)C1. The Balaban J connectivity index is 2.08. The molecule has 1 aromatic heterocycles. The topological polar surface area (TPSA) is 59.2 Å². The minimum atomic E-state index is -0.429. The molecular formula is C11H14FN3O. The van der Waals surface area contributed by atoms with E-state index in [-0.39, 0.29) is 12.6 Å². The van der Waals surface area contributed by atoms with Crippen LogP contribution in [0.5, 0.6) is 0 Å². The van der Waals surface area contributed by atoms with Gasteiger partial charge in [0.15, 0.2) is 0 Å². The van der Waals surface area contributed by atoms with Crippen LogP contribution in [0, 0.1) is 0 Å². The fraction of sp³-hybridized carbons (Fsp3) is 0.455. The highest BCUT2D eigenvalue weighted by atomic mass is 19.1. The minimum absolute atomic E-state index is 0.253. The van der Waals surface area contributed by atoms with E-state index in [4.69, 9.17) is 5.73 Å². The normalized spacial score (nSPS) is 17.1. The van der Waals surface area contributed by atoms with E-state index in [1.54, 1.807) is 18.5 Å². The van der Waals surface area contributed by atoms with Gasteiger partial charge in [-0.3, -0.25) is 14.7 Å². The highest BCUT2D eigenvalue weighted by Crippen LogP contribution is 2.28. The third kappa shape index (κ3) is 2.04. The predicted molar refractivity (Wildman–Crippen MR) is 57.9 cm³/mol. The Kier molecular flexibility index (Phi) is 3.14. The maximum Gasteiger partial charge on any atom is 0.249 e. The zero-order chi connectivity index (χ0) is 11.5. The van der Waals surface area contributed by atoms with E-state index >= 15 is 0 Å². The van der Waals surface area contributed by atoms with Crippen molar-refractivity contribution in [2.75, 3.05) is 26.3 Å². The van der Waals surface area contributed by atoms with Gasteiger partial charge < -0.3 is 5.73 Å². The van der Waals surface area contributed by atoms with Gasteiger partial charge in [-0.1, -0.05) is 0 Å². The van der Waals surface area contributed by atoms with Gasteiger partial charge in [0.1, 0.15) is 6.67 Å². The second kappa shape index (κ2) is 4.57. The number of halogens is 1. The molecule has 0 aromatic carbocycles. The lowest BCUT2D eigenvalue weighted by atomic mass is 9.89. The molecule has 0 atom stereocenters. The molecule has 86 valence electrons. The second-order valence-corrected chi connectivity index (χ2v) is 3.97. The van der Waals surface area contributed by atoms with Gasteiger partial charge in [-0.2, -0.15) is 0 Å². The summed E-state index contributed by atoms with van der Waals surface area (Å²) in [5, 5.41) is 0. The van der Waals surface area contributed by atoms with Crippen molar-refractivity contribution in [2.45, 2.75) is 5.92 Å². The number of carbonyl (C=O) groups excluding carboxylic acids is 1. The number of nitrogens with two attached hydrogens (primary N) is 1. The molecule has 0 bridgehead atoms. The Morgan fingerprint density at radius 3 is 3.00 bits per heavy atom. The maximum absolute atomic E-state index is 12.1. The summed E-state index contributed by atoms with van der Waals surface area (Å²) < 4.78 is 12.1. The first-order valence-electron chi connectivity index (χ1n) is 5.24. The van der Waals surface area contributed by atoms with Crippen molar-refractivity contribution in [3.05, 3.63) is 29.6 Å². The molecule has 0 unspecified atom stereocenters. The monoisotopic (exact) mass is 223 g/mol. The first-order chi connectivity index (χ1) is 7.72. The Bertz CT molecular complexity index is 391. The third-order valence-electron chi connectivity index (χ3n) is 2.92. The number of likely N-dealkylation sites (tertiary alicyclic amines) is 1. The molecular weight excluding hydrogens is 209 g/mol. The molecule has 1 aliphatic heterocycles. The summed E-state index contributed by atoms with van der Waals surface area (Å²) in [6.07, 6.45) is 3.24. The van der Waals surface area contributed by atoms with Crippen LogP contribution in [0.4, 0.5) is 4.39 Å². The average Bonchev–Trinajstić information content (AvgIpc) is 2.23. The molecule has 1 aromatic rings. The number of amides is 1. The molecule has 2 rings (SSSR count). The van der Waals surface area contributed by atoms with Gasteiger partial charge >= 0.3 is 0 Å². The number of hydrogen-bond acceptors (Lipinski definition) is 3. The predicted octanol–water partition coefficient (Wildman–Crippen LogP) is 0.549.